The molecule has 18 heavy (non-hydrogen) atoms. The quantitative estimate of drug-likeness (QED) is 0.817. The fourth-order valence-electron chi connectivity index (χ4n) is 1.96. The number of methoxy groups -OCH3 is 1. The second-order valence-electron chi connectivity index (χ2n) is 3.91. The lowest BCUT2D eigenvalue weighted by Crippen LogP contribution is -2.24. The zero-order valence-electron chi connectivity index (χ0n) is 10.1. The Morgan fingerprint density at radius 3 is 2.33 bits per heavy atom. The molecule has 0 radical (unpaired) electrons. The molecule has 0 unspecified atom stereocenters. The third kappa shape index (κ3) is 2.51. The van der Waals surface area contributed by atoms with Crippen LogP contribution in [0.1, 0.15) is 5.56 Å². The van der Waals surface area contributed by atoms with Crippen LogP contribution in [0.4, 0.5) is 0 Å². The van der Waals surface area contributed by atoms with Crippen molar-refractivity contribution in [2.24, 2.45) is 0 Å². The normalized spacial score (nSPS) is 10.1. The molecule has 0 aliphatic rings. The number of carbonyl (C=O) groups is 1. The Kier molecular flexibility index (Phi) is 3.63. The summed E-state index contributed by atoms with van der Waals surface area (Å²) in [5.41, 5.74) is 2.47. The van der Waals surface area contributed by atoms with Gasteiger partial charge in [-0.15, -0.1) is 0 Å². The minimum absolute atomic E-state index is 0.103. The van der Waals surface area contributed by atoms with E-state index < -0.39 is 5.97 Å². The Bertz CT molecular complexity index is 561. The van der Waals surface area contributed by atoms with Crippen LogP contribution < -0.4 is 9.84 Å². The van der Waals surface area contributed by atoms with E-state index in [1.54, 1.807) is 13.2 Å². The van der Waals surface area contributed by atoms with E-state index in [0.29, 0.717) is 0 Å². The molecule has 0 saturated heterocycles. The number of para-hydroxylation sites is 1. The average molecular weight is 241 g/mol. The van der Waals surface area contributed by atoms with Crippen LogP contribution in [-0.4, -0.2) is 13.1 Å². The zero-order valence-corrected chi connectivity index (χ0v) is 10.1. The van der Waals surface area contributed by atoms with Gasteiger partial charge in [0.1, 0.15) is 5.75 Å². The first-order valence-corrected chi connectivity index (χ1v) is 5.63. The van der Waals surface area contributed by atoms with Crippen molar-refractivity contribution >= 4 is 5.97 Å². The van der Waals surface area contributed by atoms with Gasteiger partial charge in [0.2, 0.25) is 0 Å². The molecule has 0 amide bonds. The van der Waals surface area contributed by atoms with Gasteiger partial charge in [0.05, 0.1) is 7.11 Å². The van der Waals surface area contributed by atoms with Crippen molar-refractivity contribution in [3.63, 3.8) is 0 Å². The number of rotatable bonds is 4. The van der Waals surface area contributed by atoms with Gasteiger partial charge in [0, 0.05) is 18.0 Å². The third-order valence-corrected chi connectivity index (χ3v) is 2.75. The van der Waals surface area contributed by atoms with Gasteiger partial charge < -0.3 is 14.6 Å². The van der Waals surface area contributed by atoms with Crippen LogP contribution in [0, 0.1) is 0 Å². The van der Waals surface area contributed by atoms with E-state index in [2.05, 4.69) is 0 Å². The minimum atomic E-state index is -1.09. The SMILES string of the molecule is COc1ccccc1-c1ccccc1CC(=O)[O-]. The van der Waals surface area contributed by atoms with E-state index in [9.17, 15) is 9.90 Å². The number of aliphatic carboxylic acids is 1. The predicted molar refractivity (Wildman–Crippen MR) is 67.1 cm³/mol. The summed E-state index contributed by atoms with van der Waals surface area (Å²) in [6.45, 7) is 0. The number of carboxylic acids is 1. The summed E-state index contributed by atoms with van der Waals surface area (Å²) in [5.74, 6) is -0.361. The topological polar surface area (TPSA) is 49.4 Å². The maximum atomic E-state index is 10.8. The maximum absolute atomic E-state index is 10.8. The molecular formula is C15H13O3-. The van der Waals surface area contributed by atoms with Crippen molar-refractivity contribution in [1.29, 1.82) is 0 Å². The van der Waals surface area contributed by atoms with E-state index in [0.717, 1.165) is 22.4 Å². The molecule has 0 aliphatic heterocycles. The maximum Gasteiger partial charge on any atom is 0.126 e. The number of benzene rings is 2. The van der Waals surface area contributed by atoms with Crippen molar-refractivity contribution in [3.8, 4) is 16.9 Å². The van der Waals surface area contributed by atoms with Gasteiger partial charge in [-0.1, -0.05) is 42.5 Å². The molecular weight excluding hydrogens is 228 g/mol. The number of hydrogen-bond acceptors (Lipinski definition) is 3. The van der Waals surface area contributed by atoms with Crippen molar-refractivity contribution in [2.75, 3.05) is 7.11 Å². The molecule has 2 aromatic rings. The summed E-state index contributed by atoms with van der Waals surface area (Å²) in [7, 11) is 1.60. The van der Waals surface area contributed by atoms with Crippen molar-refractivity contribution < 1.29 is 14.6 Å². The molecule has 3 heteroatoms. The van der Waals surface area contributed by atoms with Crippen molar-refractivity contribution in [2.45, 2.75) is 6.42 Å². The van der Waals surface area contributed by atoms with Gasteiger partial charge in [0.15, 0.2) is 0 Å². The van der Waals surface area contributed by atoms with Gasteiger partial charge in [0.25, 0.3) is 0 Å². The van der Waals surface area contributed by atoms with Crippen LogP contribution in [0.15, 0.2) is 48.5 Å². The minimum Gasteiger partial charge on any atom is -0.550 e. The fourth-order valence-corrected chi connectivity index (χ4v) is 1.96. The first-order chi connectivity index (χ1) is 8.72. The lowest BCUT2D eigenvalue weighted by molar-refractivity contribution is -0.304. The summed E-state index contributed by atoms with van der Waals surface area (Å²) < 4.78 is 5.30. The predicted octanol–water partition coefficient (Wildman–Crippen LogP) is 1.65. The van der Waals surface area contributed by atoms with E-state index in [4.69, 9.17) is 4.74 Å². The van der Waals surface area contributed by atoms with E-state index in [1.807, 2.05) is 42.5 Å². The first kappa shape index (κ1) is 12.2. The molecule has 2 aromatic carbocycles. The first-order valence-electron chi connectivity index (χ1n) is 5.63. The van der Waals surface area contributed by atoms with Crippen molar-refractivity contribution in [1.82, 2.24) is 0 Å². The van der Waals surface area contributed by atoms with Crippen LogP contribution >= 0.6 is 0 Å². The summed E-state index contributed by atoms with van der Waals surface area (Å²) >= 11 is 0. The summed E-state index contributed by atoms with van der Waals surface area (Å²) in [6, 6.07) is 14.9. The van der Waals surface area contributed by atoms with Crippen LogP contribution in [0.2, 0.25) is 0 Å². The summed E-state index contributed by atoms with van der Waals surface area (Å²) in [5, 5.41) is 10.8. The average Bonchev–Trinajstić information content (AvgIpc) is 2.39. The van der Waals surface area contributed by atoms with Crippen LogP contribution in [-0.2, 0) is 11.2 Å². The molecule has 2 rings (SSSR count). The molecule has 0 bridgehead atoms. The Morgan fingerprint density at radius 1 is 1.06 bits per heavy atom. The standard InChI is InChI=1S/C15H14O3/c1-18-14-9-5-4-8-13(14)12-7-3-2-6-11(12)10-15(16)17/h2-9H,10H2,1H3,(H,16,17)/p-1. The van der Waals surface area contributed by atoms with Crippen LogP contribution in [0.25, 0.3) is 11.1 Å². The Hall–Kier alpha value is -2.29. The van der Waals surface area contributed by atoms with Gasteiger partial charge in [-0.05, 0) is 17.2 Å². The zero-order chi connectivity index (χ0) is 13.0. The van der Waals surface area contributed by atoms with Crippen molar-refractivity contribution in [3.05, 3.63) is 54.1 Å². The van der Waals surface area contributed by atoms with Gasteiger partial charge >= 0.3 is 0 Å². The molecule has 0 spiro atoms. The van der Waals surface area contributed by atoms with Crippen LogP contribution in [0.3, 0.4) is 0 Å². The largest absolute Gasteiger partial charge is 0.550 e. The number of hydrogen-bond donors (Lipinski definition) is 0. The molecule has 0 N–H and O–H groups in total. The van der Waals surface area contributed by atoms with Gasteiger partial charge in [-0.2, -0.15) is 0 Å². The molecule has 0 aromatic heterocycles. The van der Waals surface area contributed by atoms with E-state index in [1.165, 1.54) is 0 Å². The summed E-state index contributed by atoms with van der Waals surface area (Å²) in [6.07, 6.45) is -0.103. The number of ether oxygens (including phenoxy) is 1. The lowest BCUT2D eigenvalue weighted by atomic mass is 9.97. The highest BCUT2D eigenvalue weighted by Gasteiger charge is 2.09. The monoisotopic (exact) mass is 241 g/mol. The van der Waals surface area contributed by atoms with E-state index >= 15 is 0 Å². The lowest BCUT2D eigenvalue weighted by Gasteiger charge is -2.13. The van der Waals surface area contributed by atoms with Gasteiger partial charge in [-0.25, -0.2) is 0 Å². The molecule has 3 nitrogen and oxygen atoms in total. The highest BCUT2D eigenvalue weighted by molar-refractivity contribution is 5.78. The second-order valence-corrected chi connectivity index (χ2v) is 3.91. The van der Waals surface area contributed by atoms with E-state index in [-0.39, 0.29) is 6.42 Å². The molecule has 92 valence electrons. The molecule has 0 saturated carbocycles. The van der Waals surface area contributed by atoms with Gasteiger partial charge in [-0.3, -0.25) is 0 Å². The fraction of sp³-hybridized carbons (Fsp3) is 0.133. The Balaban J connectivity index is 2.53. The smallest absolute Gasteiger partial charge is 0.126 e. The second kappa shape index (κ2) is 5.36. The number of carboxylic acid groups (broad SMARTS) is 1. The molecule has 0 atom stereocenters. The van der Waals surface area contributed by atoms with Crippen LogP contribution in [0.5, 0.6) is 5.75 Å². The highest BCUT2D eigenvalue weighted by Crippen LogP contribution is 2.32. The molecule has 0 heterocycles. The number of carbonyl (C=O) groups excluding carboxylic acids is 1. The Labute approximate surface area is 106 Å². The third-order valence-electron chi connectivity index (χ3n) is 2.75. The molecule has 0 fully saturated rings. The molecule has 0 aliphatic carbocycles. The highest BCUT2D eigenvalue weighted by atomic mass is 16.5. The Morgan fingerprint density at radius 2 is 1.67 bits per heavy atom. The summed E-state index contributed by atoms with van der Waals surface area (Å²) in [4.78, 5) is 10.8.